The Labute approximate surface area is 152 Å². The predicted molar refractivity (Wildman–Crippen MR) is 97.1 cm³/mol. The second kappa shape index (κ2) is 7.24. The summed E-state index contributed by atoms with van der Waals surface area (Å²) < 4.78 is 11.4. The lowest BCUT2D eigenvalue weighted by molar-refractivity contribution is -0.142. The molecule has 1 heterocycles. The van der Waals surface area contributed by atoms with Crippen LogP contribution < -0.4 is 0 Å². The third-order valence-electron chi connectivity index (χ3n) is 3.96. The van der Waals surface area contributed by atoms with Crippen LogP contribution in [0.5, 0.6) is 0 Å². The smallest absolute Gasteiger partial charge is 0.411 e. The Morgan fingerprint density at radius 3 is 2.08 bits per heavy atom. The van der Waals surface area contributed by atoms with E-state index in [1.165, 1.54) is 0 Å². The van der Waals surface area contributed by atoms with E-state index in [1.54, 1.807) is 20.8 Å². The summed E-state index contributed by atoms with van der Waals surface area (Å²) in [6, 6.07) is -1.14. The van der Waals surface area contributed by atoms with Crippen molar-refractivity contribution in [1.82, 2.24) is 4.90 Å². The van der Waals surface area contributed by atoms with Crippen LogP contribution in [0.1, 0.15) is 48.0 Å². The molecule has 0 aromatic rings. The topological polar surface area (TPSA) is 96.3 Å². The molecule has 7 nitrogen and oxygen atoms in total. The van der Waals surface area contributed by atoms with Crippen LogP contribution in [-0.2, 0) is 14.0 Å². The molecule has 0 bridgehead atoms. The summed E-state index contributed by atoms with van der Waals surface area (Å²) in [5, 5.41) is 20.8. The molecular formula is C17H33NO6Si. The van der Waals surface area contributed by atoms with E-state index >= 15 is 0 Å². The molecule has 146 valence electrons. The molecule has 3 atom stereocenters. The first kappa shape index (κ1) is 21.9. The minimum Gasteiger partial charge on any atom is -0.480 e. The Morgan fingerprint density at radius 2 is 1.72 bits per heavy atom. The van der Waals surface area contributed by atoms with E-state index in [4.69, 9.17) is 9.16 Å². The second-order valence-electron chi connectivity index (χ2n) is 9.20. The molecule has 1 saturated heterocycles. The molecular weight excluding hydrogens is 342 g/mol. The fourth-order valence-corrected chi connectivity index (χ4v) is 4.45. The molecule has 1 fully saturated rings. The van der Waals surface area contributed by atoms with Crippen LogP contribution in [0.2, 0.25) is 13.1 Å². The maximum absolute atomic E-state index is 12.5. The van der Waals surface area contributed by atoms with Gasteiger partial charge in [-0.15, -0.1) is 0 Å². The lowest BCUT2D eigenvalue weighted by Gasteiger charge is -2.42. The summed E-state index contributed by atoms with van der Waals surface area (Å²) in [7, 11) is -1.49. The molecule has 0 aromatic carbocycles. The average Bonchev–Trinajstić information content (AvgIpc) is 2.72. The van der Waals surface area contributed by atoms with E-state index in [-0.39, 0.29) is 13.0 Å². The number of aliphatic hydroxyl groups is 1. The first-order chi connectivity index (χ1) is 11.1. The summed E-state index contributed by atoms with van der Waals surface area (Å²) in [5.41, 5.74) is -2.58. The van der Waals surface area contributed by atoms with Crippen molar-refractivity contribution < 1.29 is 29.0 Å². The van der Waals surface area contributed by atoms with Gasteiger partial charge >= 0.3 is 12.1 Å². The highest BCUT2D eigenvalue weighted by molar-refractivity contribution is 6.48. The molecule has 2 N–H and O–H groups in total. The predicted octanol–water partition coefficient (Wildman–Crippen LogP) is 2.23. The van der Waals surface area contributed by atoms with Crippen molar-refractivity contribution in [1.29, 1.82) is 0 Å². The lowest BCUT2D eigenvalue weighted by Crippen LogP contribution is -2.54. The van der Waals surface area contributed by atoms with Gasteiger partial charge in [-0.3, -0.25) is 4.90 Å². The zero-order chi connectivity index (χ0) is 19.8. The van der Waals surface area contributed by atoms with Gasteiger partial charge in [0.25, 0.3) is 0 Å². The Hall–Kier alpha value is -1.12. The summed E-state index contributed by atoms with van der Waals surface area (Å²) in [6.07, 6.45) is -1.38. The molecule has 1 unspecified atom stereocenters. The van der Waals surface area contributed by atoms with Crippen LogP contribution in [0, 0.1) is 5.41 Å². The maximum Gasteiger partial charge on any atom is 0.411 e. The largest absolute Gasteiger partial charge is 0.480 e. The molecule has 25 heavy (non-hydrogen) atoms. The first-order valence-electron chi connectivity index (χ1n) is 8.67. The molecule has 0 aliphatic carbocycles. The number of hydrogen-bond donors (Lipinski definition) is 2. The molecule has 1 aliphatic heterocycles. The van der Waals surface area contributed by atoms with Crippen LogP contribution in [0.15, 0.2) is 0 Å². The van der Waals surface area contributed by atoms with E-state index < -0.39 is 49.9 Å². The number of carbonyl (C=O) groups excluding carboxylic acids is 1. The van der Waals surface area contributed by atoms with Gasteiger partial charge in [0.15, 0.2) is 9.04 Å². The van der Waals surface area contributed by atoms with E-state index in [2.05, 4.69) is 0 Å². The number of carbonyl (C=O) groups is 2. The zero-order valence-electron chi connectivity index (χ0n) is 16.6. The number of nitrogens with zero attached hydrogens (tertiary/aromatic N) is 1. The number of amides is 1. The molecule has 0 radical (unpaired) electrons. The van der Waals surface area contributed by atoms with E-state index in [0.29, 0.717) is 0 Å². The summed E-state index contributed by atoms with van der Waals surface area (Å²) in [5.74, 6) is -1.16. The second-order valence-corrected chi connectivity index (χ2v) is 11.6. The van der Waals surface area contributed by atoms with Crippen molar-refractivity contribution in [2.24, 2.45) is 5.41 Å². The number of carboxylic acids is 1. The SMILES string of the molecule is C[SiH](C)OC(C(C)(C)C)[C@@]1(O)C[C@@H](C(=O)O)N(C(=O)OC(C)(C)C)C1. The van der Waals surface area contributed by atoms with Gasteiger partial charge in [0.2, 0.25) is 0 Å². The van der Waals surface area contributed by atoms with Crippen molar-refractivity contribution >= 4 is 21.1 Å². The number of aliphatic carboxylic acids is 1. The van der Waals surface area contributed by atoms with E-state index in [9.17, 15) is 19.8 Å². The Balaban J connectivity index is 3.17. The van der Waals surface area contributed by atoms with Gasteiger partial charge in [-0.25, -0.2) is 9.59 Å². The van der Waals surface area contributed by atoms with Gasteiger partial charge in [0.1, 0.15) is 17.2 Å². The molecule has 0 aromatic heterocycles. The Bertz CT molecular complexity index is 510. The fourth-order valence-electron chi connectivity index (χ4n) is 3.25. The minimum absolute atomic E-state index is 0.0787. The van der Waals surface area contributed by atoms with Crippen molar-refractivity contribution in [3.05, 3.63) is 0 Å². The van der Waals surface area contributed by atoms with Crippen molar-refractivity contribution in [3.63, 3.8) is 0 Å². The first-order valence-corrected chi connectivity index (χ1v) is 11.5. The average molecular weight is 376 g/mol. The van der Waals surface area contributed by atoms with Crippen molar-refractivity contribution in [3.8, 4) is 0 Å². The van der Waals surface area contributed by atoms with Crippen LogP contribution in [0.3, 0.4) is 0 Å². The lowest BCUT2D eigenvalue weighted by atomic mass is 9.77. The molecule has 1 amide bonds. The molecule has 1 rings (SSSR count). The van der Waals surface area contributed by atoms with Gasteiger partial charge in [-0.1, -0.05) is 20.8 Å². The third kappa shape index (κ3) is 5.69. The quantitative estimate of drug-likeness (QED) is 0.732. The maximum atomic E-state index is 12.5. The summed E-state index contributed by atoms with van der Waals surface area (Å²) >= 11 is 0. The van der Waals surface area contributed by atoms with Crippen LogP contribution in [0.4, 0.5) is 4.79 Å². The van der Waals surface area contributed by atoms with Crippen LogP contribution in [-0.4, -0.2) is 66.1 Å². The normalized spacial score (nSPS) is 26.0. The highest BCUT2D eigenvalue weighted by atomic mass is 28.3. The van der Waals surface area contributed by atoms with Gasteiger partial charge < -0.3 is 19.4 Å². The molecule has 0 spiro atoms. The van der Waals surface area contributed by atoms with Crippen molar-refractivity contribution in [2.45, 2.75) is 84.4 Å². The third-order valence-corrected chi connectivity index (χ3v) is 4.78. The highest BCUT2D eigenvalue weighted by Crippen LogP contribution is 2.40. The van der Waals surface area contributed by atoms with Gasteiger partial charge in [-0.2, -0.15) is 0 Å². The number of likely N-dealkylation sites (tertiary alicyclic amines) is 1. The van der Waals surface area contributed by atoms with Crippen LogP contribution in [0.25, 0.3) is 0 Å². The fraction of sp³-hybridized carbons (Fsp3) is 0.882. The van der Waals surface area contributed by atoms with E-state index in [1.807, 2.05) is 33.9 Å². The number of hydrogen-bond acceptors (Lipinski definition) is 5. The summed E-state index contributed by atoms with van der Waals surface area (Å²) in [6.45, 7) is 14.8. The van der Waals surface area contributed by atoms with Gasteiger partial charge in [0, 0.05) is 6.42 Å². The number of β-amino-alcohol motifs (C(OH)–C–C–N with tert-alkyl or cyclic N) is 1. The molecule has 8 heteroatoms. The highest BCUT2D eigenvalue weighted by Gasteiger charge is 2.56. The van der Waals surface area contributed by atoms with Crippen molar-refractivity contribution in [2.75, 3.05) is 6.54 Å². The van der Waals surface area contributed by atoms with Gasteiger partial charge in [-0.05, 0) is 39.3 Å². The Kier molecular flexibility index (Phi) is 6.35. The van der Waals surface area contributed by atoms with E-state index in [0.717, 1.165) is 4.90 Å². The van der Waals surface area contributed by atoms with Crippen LogP contribution >= 0.6 is 0 Å². The Morgan fingerprint density at radius 1 is 1.20 bits per heavy atom. The summed E-state index contributed by atoms with van der Waals surface area (Å²) in [4.78, 5) is 25.2. The standard InChI is InChI=1S/C17H33NO6Si/c1-15(2,3)13(24-25(7)8)17(22)9-11(12(19)20)18(10-17)14(21)23-16(4,5)6/h11,13,22,25H,9-10H2,1-8H3,(H,19,20)/t11-,13?,17+/m0/s1. The molecule has 0 saturated carbocycles. The number of ether oxygens (including phenoxy) is 1. The number of rotatable bonds is 4. The molecule has 1 aliphatic rings. The monoisotopic (exact) mass is 375 g/mol. The zero-order valence-corrected chi connectivity index (χ0v) is 17.8. The minimum atomic E-state index is -1.49. The van der Waals surface area contributed by atoms with Gasteiger partial charge in [0.05, 0.1) is 12.6 Å². The number of carboxylic acid groups (broad SMARTS) is 1.